The average molecular weight is 310 g/mol. The topological polar surface area (TPSA) is 58.7 Å². The van der Waals surface area contributed by atoms with Crippen molar-refractivity contribution >= 4 is 27.5 Å². The van der Waals surface area contributed by atoms with E-state index in [0.29, 0.717) is 19.5 Å². The molecule has 0 radical (unpaired) electrons. The number of carbonyl (C=O) groups excluding carboxylic acids is 1. The van der Waals surface area contributed by atoms with Gasteiger partial charge in [0.05, 0.1) is 12.5 Å². The lowest BCUT2D eigenvalue weighted by Gasteiger charge is -2.14. The third kappa shape index (κ3) is 2.79. The van der Waals surface area contributed by atoms with E-state index in [1.807, 2.05) is 31.2 Å². The highest BCUT2D eigenvalue weighted by molar-refractivity contribution is 9.10. The number of hydrazone groups is 1. The van der Waals surface area contributed by atoms with Gasteiger partial charge in [0.1, 0.15) is 0 Å². The summed E-state index contributed by atoms with van der Waals surface area (Å²) in [6, 6.07) is 7.89. The summed E-state index contributed by atoms with van der Waals surface area (Å²) in [5.74, 6) is -0.0775. The lowest BCUT2D eigenvalue weighted by molar-refractivity contribution is -0.132. The highest BCUT2D eigenvalue weighted by atomic mass is 79.9. The van der Waals surface area contributed by atoms with Crippen LogP contribution in [0.3, 0.4) is 0 Å². The van der Waals surface area contributed by atoms with Crippen molar-refractivity contribution in [1.29, 1.82) is 0 Å². The van der Waals surface area contributed by atoms with Gasteiger partial charge in [-0.25, -0.2) is 5.01 Å². The third-order valence-corrected chi connectivity index (χ3v) is 3.56. The molecule has 1 heterocycles. The Morgan fingerprint density at radius 3 is 2.67 bits per heavy atom. The first-order chi connectivity index (χ1) is 8.61. The Balaban J connectivity index is 2.07. The van der Waals surface area contributed by atoms with Crippen molar-refractivity contribution in [2.75, 3.05) is 6.54 Å². The van der Waals surface area contributed by atoms with Gasteiger partial charge in [0.15, 0.2) is 0 Å². The first kappa shape index (κ1) is 13.2. The minimum atomic E-state index is -0.134. The molecule has 5 heteroatoms. The summed E-state index contributed by atoms with van der Waals surface area (Å²) < 4.78 is 1.03. The van der Waals surface area contributed by atoms with Crippen LogP contribution in [-0.4, -0.2) is 23.2 Å². The van der Waals surface area contributed by atoms with Gasteiger partial charge in [0.25, 0.3) is 5.91 Å². The van der Waals surface area contributed by atoms with Crippen LogP contribution in [0.1, 0.15) is 18.9 Å². The van der Waals surface area contributed by atoms with Gasteiger partial charge in [-0.2, -0.15) is 5.10 Å². The van der Waals surface area contributed by atoms with Gasteiger partial charge < -0.3 is 5.73 Å². The number of hydrogen-bond acceptors (Lipinski definition) is 3. The number of nitrogens with two attached hydrogens (primary N) is 1. The van der Waals surface area contributed by atoms with E-state index in [1.54, 1.807) is 5.01 Å². The number of halogens is 1. The smallest absolute Gasteiger partial charge is 0.251 e. The molecule has 0 aromatic heterocycles. The standard InChI is InChI=1S/C13H16BrN3O/c1-9-12(6-7-15)13(18)17(16-9)8-10-2-4-11(14)5-3-10/h2-5,12H,6-8,15H2,1H3. The number of carbonyl (C=O) groups is 1. The van der Waals surface area contributed by atoms with Crippen LogP contribution < -0.4 is 5.73 Å². The van der Waals surface area contributed by atoms with Crippen LogP contribution >= 0.6 is 15.9 Å². The van der Waals surface area contributed by atoms with Gasteiger partial charge >= 0.3 is 0 Å². The summed E-state index contributed by atoms with van der Waals surface area (Å²) in [4.78, 5) is 12.1. The summed E-state index contributed by atoms with van der Waals surface area (Å²) in [6.45, 7) is 2.92. The van der Waals surface area contributed by atoms with E-state index in [1.165, 1.54) is 0 Å². The zero-order valence-electron chi connectivity index (χ0n) is 10.3. The predicted octanol–water partition coefficient (Wildman–Crippen LogP) is 2.13. The van der Waals surface area contributed by atoms with Gasteiger partial charge in [0.2, 0.25) is 0 Å². The highest BCUT2D eigenvalue weighted by Gasteiger charge is 2.32. The molecule has 1 amide bonds. The fraction of sp³-hybridized carbons (Fsp3) is 0.385. The van der Waals surface area contributed by atoms with E-state index in [9.17, 15) is 4.79 Å². The molecule has 0 saturated carbocycles. The minimum absolute atomic E-state index is 0.0564. The van der Waals surface area contributed by atoms with E-state index in [2.05, 4.69) is 21.0 Å². The normalized spacial score (nSPS) is 19.3. The Kier molecular flexibility index (Phi) is 4.14. The number of amides is 1. The molecule has 0 saturated heterocycles. The van der Waals surface area contributed by atoms with Crippen molar-refractivity contribution in [2.24, 2.45) is 16.8 Å². The number of nitrogens with zero attached hydrogens (tertiary/aromatic N) is 2. The van der Waals surface area contributed by atoms with Crippen molar-refractivity contribution < 1.29 is 4.79 Å². The lowest BCUT2D eigenvalue weighted by atomic mass is 10.0. The SMILES string of the molecule is CC1=NN(Cc2ccc(Br)cc2)C(=O)C1CCN. The first-order valence-corrected chi connectivity index (χ1v) is 6.72. The molecule has 2 rings (SSSR count). The maximum absolute atomic E-state index is 12.1. The molecular formula is C13H16BrN3O. The Morgan fingerprint density at radius 2 is 2.06 bits per heavy atom. The summed E-state index contributed by atoms with van der Waals surface area (Å²) in [7, 11) is 0. The third-order valence-electron chi connectivity index (χ3n) is 3.04. The molecule has 0 bridgehead atoms. The van der Waals surface area contributed by atoms with Gasteiger partial charge in [-0.15, -0.1) is 0 Å². The van der Waals surface area contributed by atoms with Crippen LogP contribution in [0.5, 0.6) is 0 Å². The van der Waals surface area contributed by atoms with Crippen LogP contribution in [0.4, 0.5) is 0 Å². The van der Waals surface area contributed by atoms with E-state index >= 15 is 0 Å². The molecule has 1 aromatic carbocycles. The number of benzene rings is 1. The minimum Gasteiger partial charge on any atom is -0.330 e. The van der Waals surface area contributed by atoms with Gasteiger partial charge in [-0.05, 0) is 37.6 Å². The zero-order chi connectivity index (χ0) is 13.1. The molecule has 0 spiro atoms. The highest BCUT2D eigenvalue weighted by Crippen LogP contribution is 2.21. The van der Waals surface area contributed by atoms with Crippen LogP contribution in [0.15, 0.2) is 33.8 Å². The zero-order valence-corrected chi connectivity index (χ0v) is 11.9. The second kappa shape index (κ2) is 5.63. The summed E-state index contributed by atoms with van der Waals surface area (Å²) in [5, 5.41) is 5.86. The number of rotatable bonds is 4. The van der Waals surface area contributed by atoms with Crippen LogP contribution in [-0.2, 0) is 11.3 Å². The summed E-state index contributed by atoms with van der Waals surface area (Å²) >= 11 is 3.39. The van der Waals surface area contributed by atoms with Crippen molar-refractivity contribution in [3.8, 4) is 0 Å². The quantitative estimate of drug-likeness (QED) is 0.926. The van der Waals surface area contributed by atoms with Gasteiger partial charge in [0, 0.05) is 10.2 Å². The largest absolute Gasteiger partial charge is 0.330 e. The van der Waals surface area contributed by atoms with E-state index in [-0.39, 0.29) is 11.8 Å². The van der Waals surface area contributed by atoms with Crippen molar-refractivity contribution in [3.05, 3.63) is 34.3 Å². The molecule has 1 aliphatic heterocycles. The van der Waals surface area contributed by atoms with Crippen molar-refractivity contribution in [1.82, 2.24) is 5.01 Å². The molecule has 1 atom stereocenters. The molecule has 1 unspecified atom stereocenters. The molecule has 96 valence electrons. The van der Waals surface area contributed by atoms with E-state index in [4.69, 9.17) is 5.73 Å². The molecular weight excluding hydrogens is 294 g/mol. The Hall–Kier alpha value is -1.20. The molecule has 2 N–H and O–H groups in total. The second-order valence-corrected chi connectivity index (χ2v) is 5.31. The molecule has 1 aromatic rings. The first-order valence-electron chi connectivity index (χ1n) is 5.93. The molecule has 1 aliphatic rings. The molecule has 4 nitrogen and oxygen atoms in total. The maximum atomic E-state index is 12.1. The van der Waals surface area contributed by atoms with Gasteiger partial charge in [-0.1, -0.05) is 28.1 Å². The Bertz CT molecular complexity index is 470. The molecule has 0 fully saturated rings. The fourth-order valence-corrected chi connectivity index (χ4v) is 2.31. The van der Waals surface area contributed by atoms with Crippen molar-refractivity contribution in [2.45, 2.75) is 19.9 Å². The number of hydrogen-bond donors (Lipinski definition) is 1. The molecule has 0 aliphatic carbocycles. The monoisotopic (exact) mass is 309 g/mol. The average Bonchev–Trinajstić information content (AvgIpc) is 2.60. The van der Waals surface area contributed by atoms with Crippen LogP contribution in [0.2, 0.25) is 0 Å². The predicted molar refractivity (Wildman–Crippen MR) is 75.0 cm³/mol. The van der Waals surface area contributed by atoms with Gasteiger partial charge in [-0.3, -0.25) is 4.79 Å². The Labute approximate surface area is 115 Å². The molecule has 18 heavy (non-hydrogen) atoms. The van der Waals surface area contributed by atoms with E-state index < -0.39 is 0 Å². The maximum Gasteiger partial charge on any atom is 0.251 e. The van der Waals surface area contributed by atoms with Crippen molar-refractivity contribution in [3.63, 3.8) is 0 Å². The summed E-state index contributed by atoms with van der Waals surface area (Å²) in [5.41, 5.74) is 7.45. The van der Waals surface area contributed by atoms with E-state index in [0.717, 1.165) is 15.7 Å². The Morgan fingerprint density at radius 1 is 1.39 bits per heavy atom. The lowest BCUT2D eigenvalue weighted by Crippen LogP contribution is -2.28. The fourth-order valence-electron chi connectivity index (χ4n) is 2.04. The van der Waals surface area contributed by atoms with Crippen LogP contribution in [0.25, 0.3) is 0 Å². The van der Waals surface area contributed by atoms with Crippen LogP contribution in [0, 0.1) is 5.92 Å². The summed E-state index contributed by atoms with van der Waals surface area (Å²) in [6.07, 6.45) is 0.672. The second-order valence-electron chi connectivity index (χ2n) is 4.39.